The minimum Gasteiger partial charge on any atom is -0.395 e. The average Bonchev–Trinajstić information content (AvgIpc) is 3.07. The van der Waals surface area contributed by atoms with Gasteiger partial charge in [-0.1, -0.05) is 24.3 Å². The molecule has 2 rings (SSSR count). The van der Waals surface area contributed by atoms with E-state index >= 15 is 0 Å². The van der Waals surface area contributed by atoms with Gasteiger partial charge in [0.15, 0.2) is 0 Å². The van der Waals surface area contributed by atoms with E-state index in [2.05, 4.69) is 26.7 Å². The first-order valence-corrected chi connectivity index (χ1v) is 8.02. The molecule has 0 aliphatic heterocycles. The number of nitrogens with one attached hydrogen (secondary N) is 1. The fourth-order valence-electron chi connectivity index (χ4n) is 2.67. The Morgan fingerprint density at radius 3 is 2.89 bits per heavy atom. The summed E-state index contributed by atoms with van der Waals surface area (Å²) in [5, 5.41) is 18.0. The molecule has 0 saturated heterocycles. The Bertz CT molecular complexity index is 365. The number of hydrogen-bond acceptors (Lipinski definition) is 6. The van der Waals surface area contributed by atoms with Crippen molar-refractivity contribution in [2.45, 2.75) is 51.6 Å². The molecule has 1 saturated carbocycles. The van der Waals surface area contributed by atoms with Gasteiger partial charge in [-0.05, 0) is 19.3 Å². The van der Waals surface area contributed by atoms with Crippen molar-refractivity contribution < 1.29 is 5.11 Å². The average molecular weight is 284 g/mol. The van der Waals surface area contributed by atoms with Crippen molar-refractivity contribution >= 4 is 16.5 Å². The quantitative estimate of drug-likeness (QED) is 0.765. The Kier molecular flexibility index (Phi) is 6.00. The molecule has 1 aliphatic carbocycles. The van der Waals surface area contributed by atoms with E-state index in [1.54, 1.807) is 0 Å². The Balaban J connectivity index is 1.97. The van der Waals surface area contributed by atoms with Crippen LogP contribution in [-0.2, 0) is 6.54 Å². The molecular formula is C13H24N4OS. The Morgan fingerprint density at radius 2 is 2.21 bits per heavy atom. The minimum absolute atomic E-state index is 0.214. The molecule has 0 aromatic carbocycles. The van der Waals surface area contributed by atoms with Gasteiger partial charge >= 0.3 is 0 Å². The molecule has 0 amide bonds. The fourth-order valence-corrected chi connectivity index (χ4v) is 3.26. The molecule has 1 heterocycles. The highest BCUT2D eigenvalue weighted by Gasteiger charge is 2.24. The Hall–Kier alpha value is -0.720. The lowest BCUT2D eigenvalue weighted by molar-refractivity contribution is 0.143. The van der Waals surface area contributed by atoms with Gasteiger partial charge < -0.3 is 10.4 Å². The molecule has 6 heteroatoms. The van der Waals surface area contributed by atoms with Gasteiger partial charge in [0.1, 0.15) is 10.7 Å². The van der Waals surface area contributed by atoms with Gasteiger partial charge in [0.25, 0.3) is 0 Å². The van der Waals surface area contributed by atoms with Gasteiger partial charge in [0.2, 0.25) is 0 Å². The van der Waals surface area contributed by atoms with Crippen molar-refractivity contribution in [1.82, 2.24) is 14.5 Å². The number of aliphatic hydroxyl groups excluding tert-OH is 1. The zero-order valence-electron chi connectivity index (χ0n) is 11.6. The molecule has 1 fully saturated rings. The largest absolute Gasteiger partial charge is 0.395 e. The third-order valence-corrected chi connectivity index (χ3v) is 4.40. The van der Waals surface area contributed by atoms with E-state index in [1.165, 1.54) is 37.2 Å². The van der Waals surface area contributed by atoms with Crippen molar-refractivity contribution in [2.75, 3.05) is 25.0 Å². The van der Waals surface area contributed by atoms with Crippen LogP contribution >= 0.6 is 11.5 Å². The molecule has 1 aliphatic rings. The van der Waals surface area contributed by atoms with Crippen molar-refractivity contribution in [1.29, 1.82) is 0 Å². The molecule has 19 heavy (non-hydrogen) atoms. The summed E-state index contributed by atoms with van der Waals surface area (Å²) in [6.45, 7) is 4.85. The van der Waals surface area contributed by atoms with Crippen LogP contribution in [-0.4, -0.2) is 45.3 Å². The topological polar surface area (TPSA) is 61.3 Å². The van der Waals surface area contributed by atoms with Crippen molar-refractivity contribution in [3.63, 3.8) is 0 Å². The zero-order chi connectivity index (χ0) is 13.5. The predicted molar refractivity (Wildman–Crippen MR) is 78.4 cm³/mol. The van der Waals surface area contributed by atoms with Crippen LogP contribution in [0.2, 0.25) is 0 Å². The predicted octanol–water partition coefficient (Wildman–Crippen LogP) is 2.10. The van der Waals surface area contributed by atoms with Crippen molar-refractivity contribution in [3.8, 4) is 0 Å². The van der Waals surface area contributed by atoms with Gasteiger partial charge in [-0.2, -0.15) is 0 Å². The first-order valence-electron chi connectivity index (χ1n) is 7.25. The smallest absolute Gasteiger partial charge is 0.134 e. The highest BCUT2D eigenvalue weighted by Crippen LogP contribution is 2.26. The van der Waals surface area contributed by atoms with Gasteiger partial charge in [-0.25, -0.2) is 0 Å². The zero-order valence-corrected chi connectivity index (χ0v) is 12.5. The summed E-state index contributed by atoms with van der Waals surface area (Å²) in [7, 11) is 0. The van der Waals surface area contributed by atoms with Crippen LogP contribution in [0.15, 0.2) is 0 Å². The standard InChI is InChI=1S/C13H24N4OS/c1-2-7-14-13-12(15-16-19-13)10-17(8-9-18)11-5-3-4-6-11/h11,14,18H,2-10H2,1H3. The summed E-state index contributed by atoms with van der Waals surface area (Å²) in [6, 6.07) is 0.605. The fraction of sp³-hybridized carbons (Fsp3) is 0.846. The molecule has 0 atom stereocenters. The lowest BCUT2D eigenvalue weighted by Gasteiger charge is -2.27. The van der Waals surface area contributed by atoms with E-state index in [-0.39, 0.29) is 6.61 Å². The molecule has 0 radical (unpaired) electrons. The lowest BCUT2D eigenvalue weighted by Crippen LogP contribution is -2.35. The molecule has 0 bridgehead atoms. The molecule has 0 unspecified atom stereocenters. The molecule has 0 spiro atoms. The normalized spacial score (nSPS) is 16.4. The number of aliphatic hydroxyl groups is 1. The van der Waals surface area contributed by atoms with E-state index in [9.17, 15) is 5.11 Å². The van der Waals surface area contributed by atoms with Crippen LogP contribution in [0.3, 0.4) is 0 Å². The monoisotopic (exact) mass is 284 g/mol. The third-order valence-electron chi connectivity index (χ3n) is 3.67. The van der Waals surface area contributed by atoms with Crippen molar-refractivity contribution in [3.05, 3.63) is 5.69 Å². The number of anilines is 1. The summed E-state index contributed by atoms with van der Waals surface area (Å²) in [6.07, 6.45) is 6.20. The maximum atomic E-state index is 9.25. The number of hydrogen-bond donors (Lipinski definition) is 2. The van der Waals surface area contributed by atoms with Crippen LogP contribution in [0, 0.1) is 0 Å². The minimum atomic E-state index is 0.214. The maximum absolute atomic E-state index is 9.25. The van der Waals surface area contributed by atoms with Crippen LogP contribution in [0.5, 0.6) is 0 Å². The van der Waals surface area contributed by atoms with E-state index in [0.29, 0.717) is 6.04 Å². The summed E-state index contributed by atoms with van der Waals surface area (Å²) in [5.41, 5.74) is 1.03. The highest BCUT2D eigenvalue weighted by atomic mass is 32.1. The number of rotatable bonds is 8. The second-order valence-corrected chi connectivity index (χ2v) is 5.86. The molecule has 2 N–H and O–H groups in total. The number of aromatic nitrogens is 2. The molecule has 108 valence electrons. The van der Waals surface area contributed by atoms with Gasteiger partial charge in [-0.3, -0.25) is 4.90 Å². The summed E-state index contributed by atoms with van der Waals surface area (Å²) >= 11 is 1.43. The SMILES string of the molecule is CCCNc1snnc1CN(CCO)C1CCCC1. The third kappa shape index (κ3) is 4.12. The Morgan fingerprint density at radius 1 is 1.42 bits per heavy atom. The van der Waals surface area contributed by atoms with Crippen molar-refractivity contribution in [2.24, 2.45) is 0 Å². The molecule has 1 aromatic heterocycles. The van der Waals surface area contributed by atoms with E-state index < -0.39 is 0 Å². The second-order valence-electron chi connectivity index (χ2n) is 5.11. The lowest BCUT2D eigenvalue weighted by atomic mass is 10.2. The van der Waals surface area contributed by atoms with Gasteiger partial charge in [-0.15, -0.1) is 5.10 Å². The summed E-state index contributed by atoms with van der Waals surface area (Å²) < 4.78 is 4.05. The van der Waals surface area contributed by atoms with Gasteiger partial charge in [0.05, 0.1) is 6.61 Å². The van der Waals surface area contributed by atoms with Gasteiger partial charge in [0, 0.05) is 37.2 Å². The van der Waals surface area contributed by atoms with Crippen LogP contribution < -0.4 is 5.32 Å². The van der Waals surface area contributed by atoms with E-state index in [1.807, 2.05) is 0 Å². The highest BCUT2D eigenvalue weighted by molar-refractivity contribution is 7.10. The number of nitrogens with zero attached hydrogens (tertiary/aromatic N) is 3. The summed E-state index contributed by atoms with van der Waals surface area (Å²) in [5.74, 6) is 0. The maximum Gasteiger partial charge on any atom is 0.134 e. The molecule has 5 nitrogen and oxygen atoms in total. The van der Waals surface area contributed by atoms with E-state index in [4.69, 9.17) is 0 Å². The molecule has 1 aromatic rings. The first kappa shape index (κ1) is 14.7. The first-order chi connectivity index (χ1) is 9.35. The van der Waals surface area contributed by atoms with Crippen LogP contribution in [0.1, 0.15) is 44.7 Å². The van der Waals surface area contributed by atoms with E-state index in [0.717, 1.165) is 36.8 Å². The second kappa shape index (κ2) is 7.77. The van der Waals surface area contributed by atoms with Crippen LogP contribution in [0.4, 0.5) is 5.00 Å². The summed E-state index contributed by atoms with van der Waals surface area (Å²) in [4.78, 5) is 2.36. The Labute approximate surface area is 119 Å². The van der Waals surface area contributed by atoms with Crippen LogP contribution in [0.25, 0.3) is 0 Å². The molecular weight excluding hydrogens is 260 g/mol.